The molecule has 3 nitrogen and oxygen atoms in total. The first-order valence-electron chi connectivity index (χ1n) is 5.22. The average molecular weight is 204 g/mol. The number of ether oxygens (including phenoxy) is 1. The number of aromatic amines is 1. The Bertz CT molecular complexity index is 448. The monoisotopic (exact) mass is 204 g/mol. The molecule has 0 aliphatic carbocycles. The second-order valence-electron chi connectivity index (χ2n) is 3.56. The quantitative estimate of drug-likeness (QED) is 0.801. The van der Waals surface area contributed by atoms with Gasteiger partial charge in [0.05, 0.1) is 6.61 Å². The molecule has 3 heteroatoms. The van der Waals surface area contributed by atoms with Crippen molar-refractivity contribution in [2.75, 3.05) is 6.61 Å². The highest BCUT2D eigenvalue weighted by molar-refractivity contribution is 5.81. The number of H-pyrrole nitrogens is 1. The van der Waals surface area contributed by atoms with Gasteiger partial charge in [-0.2, -0.15) is 0 Å². The second-order valence-corrected chi connectivity index (χ2v) is 3.56. The van der Waals surface area contributed by atoms with Gasteiger partial charge in [-0.15, -0.1) is 0 Å². The molecule has 3 N–H and O–H groups in total. The number of hydrogen-bond donors (Lipinski definition) is 2. The zero-order chi connectivity index (χ0) is 10.7. The molecule has 80 valence electrons. The summed E-state index contributed by atoms with van der Waals surface area (Å²) >= 11 is 0. The molecule has 0 radical (unpaired) electrons. The van der Waals surface area contributed by atoms with Crippen LogP contribution in [0.5, 0.6) is 0 Å². The minimum Gasteiger partial charge on any atom is -0.376 e. The fourth-order valence-corrected chi connectivity index (χ4v) is 1.66. The van der Waals surface area contributed by atoms with Gasteiger partial charge >= 0.3 is 0 Å². The lowest BCUT2D eigenvalue weighted by Crippen LogP contribution is -1.94. The Morgan fingerprint density at radius 3 is 2.93 bits per heavy atom. The molecule has 0 amide bonds. The van der Waals surface area contributed by atoms with Crippen LogP contribution < -0.4 is 5.73 Å². The summed E-state index contributed by atoms with van der Waals surface area (Å²) in [6, 6.07) is 8.34. The maximum atomic E-state index is 5.59. The maximum absolute atomic E-state index is 5.59. The number of rotatable bonds is 4. The van der Waals surface area contributed by atoms with Gasteiger partial charge in [0.15, 0.2) is 0 Å². The van der Waals surface area contributed by atoms with Crippen LogP contribution >= 0.6 is 0 Å². The largest absolute Gasteiger partial charge is 0.376 e. The molecule has 2 aromatic rings. The number of nitrogens with two attached hydrogens (primary N) is 1. The Kier molecular flexibility index (Phi) is 3.04. The molecule has 0 atom stereocenters. The summed E-state index contributed by atoms with van der Waals surface area (Å²) in [7, 11) is 0. The van der Waals surface area contributed by atoms with E-state index in [-0.39, 0.29) is 0 Å². The van der Waals surface area contributed by atoms with Gasteiger partial charge in [-0.1, -0.05) is 6.07 Å². The fourth-order valence-electron chi connectivity index (χ4n) is 1.66. The Morgan fingerprint density at radius 2 is 2.20 bits per heavy atom. The van der Waals surface area contributed by atoms with E-state index in [9.17, 15) is 0 Å². The van der Waals surface area contributed by atoms with Gasteiger partial charge in [-0.25, -0.2) is 0 Å². The van der Waals surface area contributed by atoms with E-state index >= 15 is 0 Å². The van der Waals surface area contributed by atoms with Crippen LogP contribution in [0.4, 0.5) is 0 Å². The van der Waals surface area contributed by atoms with Crippen molar-refractivity contribution in [3.8, 4) is 0 Å². The van der Waals surface area contributed by atoms with Crippen LogP contribution in [0.15, 0.2) is 24.3 Å². The average Bonchev–Trinajstić information content (AvgIpc) is 2.67. The van der Waals surface area contributed by atoms with E-state index in [0.29, 0.717) is 13.2 Å². The molecule has 0 fully saturated rings. The van der Waals surface area contributed by atoms with Gasteiger partial charge in [-0.05, 0) is 30.7 Å². The molecule has 15 heavy (non-hydrogen) atoms. The molecule has 0 saturated heterocycles. The molecule has 1 aromatic carbocycles. The molecular weight excluding hydrogens is 188 g/mol. The van der Waals surface area contributed by atoms with Crippen molar-refractivity contribution in [2.24, 2.45) is 5.73 Å². The van der Waals surface area contributed by atoms with Crippen LogP contribution in [0.25, 0.3) is 10.9 Å². The molecule has 1 aromatic heterocycles. The first kappa shape index (κ1) is 10.2. The lowest BCUT2D eigenvalue weighted by atomic mass is 10.1. The first-order valence-corrected chi connectivity index (χ1v) is 5.22. The summed E-state index contributed by atoms with van der Waals surface area (Å²) in [6.45, 7) is 3.96. The summed E-state index contributed by atoms with van der Waals surface area (Å²) in [6.07, 6.45) is 0. The van der Waals surface area contributed by atoms with Crippen molar-refractivity contribution in [1.29, 1.82) is 0 Å². The van der Waals surface area contributed by atoms with E-state index < -0.39 is 0 Å². The topological polar surface area (TPSA) is 51.0 Å². The van der Waals surface area contributed by atoms with Gasteiger partial charge in [0.25, 0.3) is 0 Å². The Balaban J connectivity index is 2.29. The number of fused-ring (bicyclic) bond motifs is 1. The minimum atomic E-state index is 0.585. The molecule has 0 aliphatic rings. The van der Waals surface area contributed by atoms with Crippen LogP contribution in [-0.4, -0.2) is 11.6 Å². The van der Waals surface area contributed by atoms with Crippen LogP contribution in [0.3, 0.4) is 0 Å². The maximum Gasteiger partial charge on any atom is 0.0865 e. The molecule has 0 spiro atoms. The van der Waals surface area contributed by atoms with Gasteiger partial charge in [0, 0.05) is 29.7 Å². The second kappa shape index (κ2) is 4.47. The highest BCUT2D eigenvalue weighted by Crippen LogP contribution is 2.17. The number of nitrogens with one attached hydrogen (secondary N) is 1. The lowest BCUT2D eigenvalue weighted by Gasteiger charge is -1.96. The molecule has 1 heterocycles. The Morgan fingerprint density at radius 1 is 1.33 bits per heavy atom. The SMILES string of the molecule is CCOCc1cc2cc(CN)ccc2[nH]1. The van der Waals surface area contributed by atoms with Gasteiger partial charge < -0.3 is 15.5 Å². The van der Waals surface area contributed by atoms with Crippen molar-refractivity contribution in [2.45, 2.75) is 20.1 Å². The summed E-state index contributed by atoms with van der Waals surface area (Å²) < 4.78 is 5.35. The van der Waals surface area contributed by atoms with Crippen LogP contribution in [-0.2, 0) is 17.9 Å². The van der Waals surface area contributed by atoms with Crippen LogP contribution in [0.2, 0.25) is 0 Å². The number of aromatic nitrogens is 1. The molecule has 0 bridgehead atoms. The number of benzene rings is 1. The van der Waals surface area contributed by atoms with Gasteiger partial charge in [0.2, 0.25) is 0 Å². The molecular formula is C12H16N2O. The molecule has 0 unspecified atom stereocenters. The third-order valence-corrected chi connectivity index (χ3v) is 2.44. The van der Waals surface area contributed by atoms with Crippen molar-refractivity contribution >= 4 is 10.9 Å². The normalized spacial score (nSPS) is 11.1. The predicted octanol–water partition coefficient (Wildman–Crippen LogP) is 2.16. The highest BCUT2D eigenvalue weighted by atomic mass is 16.5. The lowest BCUT2D eigenvalue weighted by molar-refractivity contribution is 0.132. The third kappa shape index (κ3) is 2.19. The van der Waals surface area contributed by atoms with Gasteiger partial charge in [0.1, 0.15) is 0 Å². The first-order chi connectivity index (χ1) is 7.33. The summed E-state index contributed by atoms with van der Waals surface area (Å²) in [4.78, 5) is 3.32. The summed E-state index contributed by atoms with van der Waals surface area (Å²) in [5.74, 6) is 0. The van der Waals surface area contributed by atoms with E-state index in [0.717, 1.165) is 23.4 Å². The van der Waals surface area contributed by atoms with Crippen molar-refractivity contribution in [3.05, 3.63) is 35.5 Å². The molecule has 0 saturated carbocycles. The third-order valence-electron chi connectivity index (χ3n) is 2.44. The zero-order valence-corrected chi connectivity index (χ0v) is 8.92. The minimum absolute atomic E-state index is 0.585. The van der Waals surface area contributed by atoms with Crippen molar-refractivity contribution in [3.63, 3.8) is 0 Å². The Labute approximate surface area is 89.2 Å². The highest BCUT2D eigenvalue weighted by Gasteiger charge is 2.01. The zero-order valence-electron chi connectivity index (χ0n) is 8.92. The van der Waals surface area contributed by atoms with Crippen LogP contribution in [0.1, 0.15) is 18.2 Å². The molecule has 2 rings (SSSR count). The Hall–Kier alpha value is -1.32. The standard InChI is InChI=1S/C12H16N2O/c1-2-15-8-11-6-10-5-9(7-13)3-4-12(10)14-11/h3-6,14H,2,7-8,13H2,1H3. The number of hydrogen-bond acceptors (Lipinski definition) is 2. The summed E-state index contributed by atoms with van der Waals surface area (Å²) in [5.41, 5.74) is 9.00. The van der Waals surface area contributed by atoms with E-state index in [4.69, 9.17) is 10.5 Å². The smallest absolute Gasteiger partial charge is 0.0865 e. The predicted molar refractivity (Wildman–Crippen MR) is 61.5 cm³/mol. The fraction of sp³-hybridized carbons (Fsp3) is 0.333. The van der Waals surface area contributed by atoms with Crippen molar-refractivity contribution < 1.29 is 4.74 Å². The van der Waals surface area contributed by atoms with E-state index in [1.54, 1.807) is 0 Å². The van der Waals surface area contributed by atoms with E-state index in [1.165, 1.54) is 5.39 Å². The van der Waals surface area contributed by atoms with Crippen LogP contribution in [0, 0.1) is 0 Å². The van der Waals surface area contributed by atoms with Crippen molar-refractivity contribution in [1.82, 2.24) is 4.98 Å². The molecule has 0 aliphatic heterocycles. The van der Waals surface area contributed by atoms with Gasteiger partial charge in [-0.3, -0.25) is 0 Å². The van der Waals surface area contributed by atoms with E-state index in [2.05, 4.69) is 23.2 Å². The van der Waals surface area contributed by atoms with E-state index in [1.807, 2.05) is 13.0 Å². The summed E-state index contributed by atoms with van der Waals surface area (Å²) in [5, 5.41) is 1.20.